The molecule has 2 aromatic heterocycles. The van der Waals surface area contributed by atoms with Gasteiger partial charge in [-0.05, 0) is 19.1 Å². The molecule has 0 unspecified atom stereocenters. The fourth-order valence-electron chi connectivity index (χ4n) is 2.65. The highest BCUT2D eigenvalue weighted by atomic mass is 35.5. The topological polar surface area (TPSA) is 115 Å². The first-order chi connectivity index (χ1) is 14.9. The first-order valence-electron chi connectivity index (χ1n) is 9.10. The predicted octanol–water partition coefficient (Wildman–Crippen LogP) is 3.73. The summed E-state index contributed by atoms with van der Waals surface area (Å²) in [6.07, 6.45) is 1.19. The number of H-pyrrole nitrogens is 1. The van der Waals surface area contributed by atoms with Gasteiger partial charge in [0.1, 0.15) is 10.6 Å². The second-order valence-electron chi connectivity index (χ2n) is 6.12. The molecule has 0 aliphatic rings. The number of hydrogen-bond donors (Lipinski definition) is 2. The van der Waals surface area contributed by atoms with E-state index in [4.69, 9.17) is 21.1 Å². The zero-order valence-electron chi connectivity index (χ0n) is 16.3. The molecule has 0 spiro atoms. The van der Waals surface area contributed by atoms with Crippen LogP contribution in [0.3, 0.4) is 0 Å². The molecular weight excluding hydrogens is 444 g/mol. The van der Waals surface area contributed by atoms with Crippen LogP contribution >= 0.6 is 22.9 Å². The van der Waals surface area contributed by atoms with Gasteiger partial charge in [0.2, 0.25) is 5.56 Å². The zero-order valence-corrected chi connectivity index (χ0v) is 17.8. The van der Waals surface area contributed by atoms with Crippen LogP contribution in [-0.4, -0.2) is 36.0 Å². The monoisotopic (exact) mass is 460 g/mol. The van der Waals surface area contributed by atoms with Crippen molar-refractivity contribution in [3.05, 3.63) is 74.5 Å². The molecule has 0 radical (unpaired) electrons. The van der Waals surface area contributed by atoms with Gasteiger partial charge in [-0.1, -0.05) is 29.8 Å². The number of carbonyl (C=O) groups excluding carboxylic acids is 3. The fraction of sp³-hybridized carbons (Fsp3) is 0.143. The largest absolute Gasteiger partial charge is 0.462 e. The molecule has 31 heavy (non-hydrogen) atoms. The summed E-state index contributed by atoms with van der Waals surface area (Å²) in [5, 5.41) is 4.96. The number of hydrogen-bond acceptors (Lipinski definition) is 7. The number of aromatic amines is 1. The smallest absolute Gasteiger partial charge is 0.341 e. The van der Waals surface area contributed by atoms with Gasteiger partial charge in [-0.3, -0.25) is 9.59 Å². The maximum Gasteiger partial charge on any atom is 0.341 e. The van der Waals surface area contributed by atoms with Crippen LogP contribution < -0.4 is 10.9 Å². The van der Waals surface area contributed by atoms with Gasteiger partial charge in [0.25, 0.3) is 5.91 Å². The van der Waals surface area contributed by atoms with Crippen molar-refractivity contribution in [2.75, 3.05) is 18.5 Å². The van der Waals surface area contributed by atoms with Crippen LogP contribution in [0.25, 0.3) is 11.1 Å². The molecule has 0 aliphatic carbocycles. The summed E-state index contributed by atoms with van der Waals surface area (Å²) >= 11 is 7.39. The van der Waals surface area contributed by atoms with Gasteiger partial charge in [-0.25, -0.2) is 9.59 Å². The second kappa shape index (κ2) is 10.1. The highest BCUT2D eigenvalue weighted by Crippen LogP contribution is 2.39. The van der Waals surface area contributed by atoms with Crippen molar-refractivity contribution in [3.8, 4) is 11.1 Å². The Balaban J connectivity index is 1.77. The van der Waals surface area contributed by atoms with Crippen molar-refractivity contribution in [1.29, 1.82) is 0 Å². The maximum absolute atomic E-state index is 12.6. The van der Waals surface area contributed by atoms with E-state index >= 15 is 0 Å². The van der Waals surface area contributed by atoms with Gasteiger partial charge in [-0.2, -0.15) is 0 Å². The van der Waals surface area contributed by atoms with E-state index in [1.807, 2.05) is 0 Å². The number of thiophene rings is 1. The summed E-state index contributed by atoms with van der Waals surface area (Å²) in [4.78, 5) is 50.3. The molecule has 0 fully saturated rings. The molecule has 0 atom stereocenters. The van der Waals surface area contributed by atoms with E-state index in [1.165, 1.54) is 18.3 Å². The van der Waals surface area contributed by atoms with Gasteiger partial charge in [0.05, 0.1) is 12.2 Å². The van der Waals surface area contributed by atoms with Gasteiger partial charge in [0, 0.05) is 33.8 Å². The number of halogens is 1. The van der Waals surface area contributed by atoms with Crippen molar-refractivity contribution in [3.63, 3.8) is 0 Å². The molecule has 1 amide bonds. The zero-order chi connectivity index (χ0) is 22.4. The van der Waals surface area contributed by atoms with Gasteiger partial charge >= 0.3 is 11.9 Å². The van der Waals surface area contributed by atoms with Gasteiger partial charge in [-0.15, -0.1) is 11.3 Å². The Labute approximate surface area is 185 Å². The van der Waals surface area contributed by atoms with Crippen LogP contribution in [0.2, 0.25) is 5.02 Å². The minimum atomic E-state index is -0.778. The van der Waals surface area contributed by atoms with Gasteiger partial charge < -0.3 is 19.8 Å². The highest BCUT2D eigenvalue weighted by molar-refractivity contribution is 7.15. The minimum absolute atomic E-state index is 0.0942. The van der Waals surface area contributed by atoms with Crippen LogP contribution in [0.1, 0.15) is 27.6 Å². The number of aromatic nitrogens is 1. The average molecular weight is 461 g/mol. The molecule has 3 aromatic rings. The molecule has 1 aromatic carbocycles. The molecule has 0 saturated heterocycles. The lowest BCUT2D eigenvalue weighted by Crippen LogP contribution is -2.22. The SMILES string of the molecule is CCOC(=O)c1c(-c2ccccc2Cl)csc1NC(=O)COC(=O)c1ccc(=O)[nH]c1. The Bertz CT molecular complexity index is 1170. The third-order valence-corrected chi connectivity index (χ3v) is 5.27. The van der Waals surface area contributed by atoms with Crippen molar-refractivity contribution in [2.24, 2.45) is 0 Å². The number of anilines is 1. The number of benzene rings is 1. The van der Waals surface area contributed by atoms with Crippen LogP contribution in [0.15, 0.2) is 52.8 Å². The Kier molecular flexibility index (Phi) is 7.22. The van der Waals surface area contributed by atoms with Crippen molar-refractivity contribution < 1.29 is 23.9 Å². The number of esters is 2. The lowest BCUT2D eigenvalue weighted by molar-refractivity contribution is -0.119. The molecule has 160 valence electrons. The molecule has 0 aliphatic heterocycles. The van der Waals surface area contributed by atoms with Crippen molar-refractivity contribution >= 4 is 45.8 Å². The highest BCUT2D eigenvalue weighted by Gasteiger charge is 2.24. The third-order valence-electron chi connectivity index (χ3n) is 4.04. The van der Waals surface area contributed by atoms with E-state index in [9.17, 15) is 19.2 Å². The minimum Gasteiger partial charge on any atom is -0.462 e. The molecule has 2 heterocycles. The predicted molar refractivity (Wildman–Crippen MR) is 117 cm³/mol. The molecule has 8 nitrogen and oxygen atoms in total. The quantitative estimate of drug-likeness (QED) is 0.519. The van der Waals surface area contributed by atoms with E-state index in [-0.39, 0.29) is 28.3 Å². The Morgan fingerprint density at radius 1 is 1.06 bits per heavy atom. The van der Waals surface area contributed by atoms with E-state index < -0.39 is 24.5 Å². The van der Waals surface area contributed by atoms with Crippen LogP contribution in [0.5, 0.6) is 0 Å². The van der Waals surface area contributed by atoms with E-state index in [0.29, 0.717) is 16.1 Å². The molecule has 0 bridgehead atoms. The summed E-state index contributed by atoms with van der Waals surface area (Å²) in [7, 11) is 0. The first kappa shape index (κ1) is 22.3. The third kappa shape index (κ3) is 5.39. The van der Waals surface area contributed by atoms with Crippen LogP contribution in [0, 0.1) is 0 Å². The average Bonchev–Trinajstić information content (AvgIpc) is 3.16. The summed E-state index contributed by atoms with van der Waals surface area (Å²) in [5.41, 5.74) is 1.04. The Hall–Kier alpha value is -3.43. The normalized spacial score (nSPS) is 10.4. The van der Waals surface area contributed by atoms with Crippen molar-refractivity contribution in [2.45, 2.75) is 6.92 Å². The fourth-order valence-corrected chi connectivity index (χ4v) is 3.85. The summed E-state index contributed by atoms with van der Waals surface area (Å²) in [6.45, 7) is 1.24. The van der Waals surface area contributed by atoms with E-state index in [1.54, 1.807) is 36.6 Å². The van der Waals surface area contributed by atoms with Gasteiger partial charge in [0.15, 0.2) is 6.61 Å². The molecular formula is C21H17ClN2O6S. The number of pyridine rings is 1. The maximum atomic E-state index is 12.6. The Morgan fingerprint density at radius 3 is 2.52 bits per heavy atom. The summed E-state index contributed by atoms with van der Waals surface area (Å²) < 4.78 is 10.1. The number of amides is 1. The molecule has 3 rings (SSSR count). The Morgan fingerprint density at radius 2 is 1.84 bits per heavy atom. The van der Waals surface area contributed by atoms with E-state index in [2.05, 4.69) is 10.3 Å². The first-order valence-corrected chi connectivity index (χ1v) is 10.4. The van der Waals surface area contributed by atoms with E-state index in [0.717, 1.165) is 11.3 Å². The van der Waals surface area contributed by atoms with Crippen molar-refractivity contribution in [1.82, 2.24) is 4.98 Å². The summed E-state index contributed by atoms with van der Waals surface area (Å²) in [6, 6.07) is 9.45. The number of rotatable bonds is 7. The molecule has 10 heteroatoms. The lowest BCUT2D eigenvalue weighted by atomic mass is 10.0. The number of nitrogens with one attached hydrogen (secondary N) is 2. The van der Waals surface area contributed by atoms with Crippen LogP contribution in [0.4, 0.5) is 5.00 Å². The molecule has 0 saturated carbocycles. The molecule has 2 N–H and O–H groups in total. The second-order valence-corrected chi connectivity index (χ2v) is 7.41. The summed E-state index contributed by atoms with van der Waals surface area (Å²) in [5.74, 6) is -2.03. The number of carbonyl (C=O) groups is 3. The number of ether oxygens (including phenoxy) is 2. The standard InChI is InChI=1S/C21H17ClN2O6S/c1-2-29-21(28)18-14(13-5-3-4-6-15(13)22)11-31-19(18)24-17(26)10-30-20(27)12-7-8-16(25)23-9-12/h3-9,11H,2,10H2,1H3,(H,23,25)(H,24,26). The van der Waals surface area contributed by atoms with Crippen LogP contribution in [-0.2, 0) is 14.3 Å². The lowest BCUT2D eigenvalue weighted by Gasteiger charge is -2.10.